The van der Waals surface area contributed by atoms with Gasteiger partial charge in [0.2, 0.25) is 10.0 Å². The van der Waals surface area contributed by atoms with Gasteiger partial charge in [0.1, 0.15) is 12.4 Å². The predicted molar refractivity (Wildman–Crippen MR) is 156 cm³/mol. The summed E-state index contributed by atoms with van der Waals surface area (Å²) in [4.78, 5) is 12.8. The average molecular weight is 570 g/mol. The monoisotopic (exact) mass is 569 g/mol. The fraction of sp³-hybridized carbons (Fsp3) is 0.0323. The van der Waals surface area contributed by atoms with Crippen molar-refractivity contribution in [3.63, 3.8) is 0 Å². The Morgan fingerprint density at radius 3 is 2.25 bits per heavy atom. The number of ether oxygens (including phenoxy) is 1. The molecule has 2 N–H and O–H groups in total. The highest BCUT2D eigenvalue weighted by atomic mass is 35.5. The van der Waals surface area contributed by atoms with Crippen molar-refractivity contribution >= 4 is 33.5 Å². The smallest absolute Gasteiger partial charge is 0.238 e. The van der Waals surface area contributed by atoms with E-state index in [2.05, 4.69) is 0 Å². The van der Waals surface area contributed by atoms with E-state index in [4.69, 9.17) is 26.6 Å². The van der Waals surface area contributed by atoms with Crippen LogP contribution in [0.25, 0.3) is 23.0 Å². The van der Waals surface area contributed by atoms with E-state index in [1.165, 1.54) is 18.2 Å². The standard InChI is InChI=1S/C31H24ClN3O4S/c32-29-9-5-4-8-28(29)30(36)19-12-24-20-35(25-13-17-27(18-14-25)40(33,37)38)34-31(24)23-10-15-26(16-11-23)39-21-22-6-2-1-3-7-22/h1-20H,21H2,(H2,33,37,38)/b19-12+. The largest absolute Gasteiger partial charge is 0.489 e. The lowest BCUT2D eigenvalue weighted by Crippen LogP contribution is -2.12. The molecule has 1 aromatic heterocycles. The molecule has 0 spiro atoms. The SMILES string of the molecule is NS(=O)(=O)c1ccc(-n2cc(/C=C/C(=O)c3ccccc3Cl)c(-c3ccc(OCc4ccccc4)cc3)n2)cc1. The first kappa shape index (κ1) is 27.1. The van der Waals surface area contributed by atoms with Gasteiger partial charge in [0.15, 0.2) is 5.78 Å². The fourth-order valence-electron chi connectivity index (χ4n) is 4.02. The third-order valence-corrected chi connectivity index (χ3v) is 7.36. The summed E-state index contributed by atoms with van der Waals surface area (Å²) < 4.78 is 30.8. The Hall–Kier alpha value is -4.50. The third kappa shape index (κ3) is 6.38. The number of carbonyl (C=O) groups excluding carboxylic acids is 1. The zero-order chi connectivity index (χ0) is 28.1. The molecule has 7 nitrogen and oxygen atoms in total. The van der Waals surface area contributed by atoms with Crippen molar-refractivity contribution in [1.82, 2.24) is 9.78 Å². The molecule has 9 heteroatoms. The van der Waals surface area contributed by atoms with Gasteiger partial charge in [-0.15, -0.1) is 0 Å². The van der Waals surface area contributed by atoms with Crippen molar-refractivity contribution in [3.05, 3.63) is 137 Å². The van der Waals surface area contributed by atoms with Crippen LogP contribution in [-0.2, 0) is 16.6 Å². The molecule has 0 fully saturated rings. The maximum absolute atomic E-state index is 12.8. The van der Waals surface area contributed by atoms with Crippen LogP contribution in [0.3, 0.4) is 0 Å². The second-order valence-corrected chi connectivity index (χ2v) is 10.9. The van der Waals surface area contributed by atoms with Gasteiger partial charge in [-0.05, 0) is 78.4 Å². The molecule has 4 aromatic carbocycles. The first-order chi connectivity index (χ1) is 19.3. The van der Waals surface area contributed by atoms with Crippen molar-refractivity contribution < 1.29 is 17.9 Å². The van der Waals surface area contributed by atoms with Crippen LogP contribution >= 0.6 is 11.6 Å². The molecule has 0 aliphatic heterocycles. The number of nitrogens with zero attached hydrogens (tertiary/aromatic N) is 2. The molecule has 0 unspecified atom stereocenters. The number of allylic oxidation sites excluding steroid dienone is 1. The van der Waals surface area contributed by atoms with Gasteiger partial charge in [-0.2, -0.15) is 5.10 Å². The Labute approximate surface area is 237 Å². The molecule has 5 rings (SSSR count). The lowest BCUT2D eigenvalue weighted by Gasteiger charge is -2.07. The number of nitrogens with two attached hydrogens (primary N) is 1. The van der Waals surface area contributed by atoms with Crippen LogP contribution in [0.1, 0.15) is 21.5 Å². The van der Waals surface area contributed by atoms with E-state index in [9.17, 15) is 13.2 Å². The van der Waals surface area contributed by atoms with Crippen molar-refractivity contribution in [1.29, 1.82) is 0 Å². The molecule has 1 heterocycles. The van der Waals surface area contributed by atoms with Crippen LogP contribution in [0.4, 0.5) is 0 Å². The van der Waals surface area contributed by atoms with E-state index in [1.807, 2.05) is 54.6 Å². The van der Waals surface area contributed by atoms with Crippen molar-refractivity contribution in [2.75, 3.05) is 0 Å². The van der Waals surface area contributed by atoms with E-state index in [1.54, 1.807) is 53.4 Å². The number of halogens is 1. The Morgan fingerprint density at radius 1 is 0.900 bits per heavy atom. The van der Waals surface area contributed by atoms with Gasteiger partial charge in [0, 0.05) is 22.9 Å². The number of hydrogen-bond donors (Lipinski definition) is 1. The molecule has 0 saturated carbocycles. The van der Waals surface area contributed by atoms with Crippen molar-refractivity contribution in [3.8, 4) is 22.7 Å². The van der Waals surface area contributed by atoms with Gasteiger partial charge in [0.25, 0.3) is 0 Å². The summed E-state index contributed by atoms with van der Waals surface area (Å²) in [5.74, 6) is 0.461. The second-order valence-electron chi connectivity index (χ2n) is 8.89. The molecule has 0 radical (unpaired) electrons. The van der Waals surface area contributed by atoms with Crippen LogP contribution < -0.4 is 9.88 Å². The Balaban J connectivity index is 1.46. The zero-order valence-electron chi connectivity index (χ0n) is 21.1. The molecular weight excluding hydrogens is 546 g/mol. The highest BCUT2D eigenvalue weighted by Gasteiger charge is 2.14. The first-order valence-electron chi connectivity index (χ1n) is 12.2. The summed E-state index contributed by atoms with van der Waals surface area (Å²) in [5, 5.41) is 10.3. The molecule has 200 valence electrons. The van der Waals surface area contributed by atoms with Gasteiger partial charge < -0.3 is 4.74 Å². The van der Waals surface area contributed by atoms with E-state index >= 15 is 0 Å². The number of benzene rings is 4. The Bertz CT molecular complexity index is 1780. The van der Waals surface area contributed by atoms with Gasteiger partial charge in [-0.3, -0.25) is 4.79 Å². The summed E-state index contributed by atoms with van der Waals surface area (Å²) in [6, 6.07) is 30.3. The molecule has 0 bridgehead atoms. The molecular formula is C31H24ClN3O4S. The van der Waals surface area contributed by atoms with E-state index in [0.717, 1.165) is 11.1 Å². The Morgan fingerprint density at radius 2 is 1.57 bits per heavy atom. The van der Waals surface area contributed by atoms with Crippen molar-refractivity contribution in [2.24, 2.45) is 5.14 Å². The molecule has 40 heavy (non-hydrogen) atoms. The van der Waals surface area contributed by atoms with Crippen LogP contribution in [0.5, 0.6) is 5.75 Å². The summed E-state index contributed by atoms with van der Waals surface area (Å²) in [7, 11) is -3.82. The number of carbonyl (C=O) groups is 1. The van der Waals surface area contributed by atoms with Gasteiger partial charge in [0.05, 0.1) is 21.3 Å². The average Bonchev–Trinajstić information content (AvgIpc) is 3.40. The van der Waals surface area contributed by atoms with Gasteiger partial charge in [-0.25, -0.2) is 18.2 Å². The summed E-state index contributed by atoms with van der Waals surface area (Å²) in [6.45, 7) is 0.446. The van der Waals surface area contributed by atoms with Crippen molar-refractivity contribution in [2.45, 2.75) is 11.5 Å². The summed E-state index contributed by atoms with van der Waals surface area (Å²) in [6.07, 6.45) is 4.90. The van der Waals surface area contributed by atoms with Gasteiger partial charge in [-0.1, -0.05) is 54.1 Å². The number of ketones is 1. The fourth-order valence-corrected chi connectivity index (χ4v) is 4.76. The van der Waals surface area contributed by atoms with Crippen LogP contribution in [0.2, 0.25) is 5.02 Å². The molecule has 0 saturated heterocycles. The van der Waals surface area contributed by atoms with E-state index in [-0.39, 0.29) is 10.7 Å². The summed E-state index contributed by atoms with van der Waals surface area (Å²) in [5.41, 5.74) is 4.18. The highest BCUT2D eigenvalue weighted by Crippen LogP contribution is 2.28. The molecule has 0 aliphatic rings. The van der Waals surface area contributed by atoms with Crippen LogP contribution in [0.15, 0.2) is 120 Å². The quantitative estimate of drug-likeness (QED) is 0.165. The summed E-state index contributed by atoms with van der Waals surface area (Å²) >= 11 is 6.20. The number of rotatable bonds is 9. The third-order valence-electron chi connectivity index (χ3n) is 6.10. The predicted octanol–water partition coefficient (Wildman–Crippen LogP) is 6.32. The number of sulfonamides is 1. The first-order valence-corrected chi connectivity index (χ1v) is 14.2. The second kappa shape index (κ2) is 11.7. The van der Waals surface area contributed by atoms with E-state index in [0.29, 0.717) is 39.9 Å². The minimum atomic E-state index is -3.82. The van der Waals surface area contributed by atoms with E-state index < -0.39 is 10.0 Å². The van der Waals surface area contributed by atoms with Gasteiger partial charge >= 0.3 is 0 Å². The normalized spacial score (nSPS) is 11.6. The lowest BCUT2D eigenvalue weighted by atomic mass is 10.1. The van der Waals surface area contributed by atoms with Crippen LogP contribution in [-0.4, -0.2) is 24.0 Å². The Kier molecular flexibility index (Phi) is 7.93. The molecule has 0 aliphatic carbocycles. The minimum Gasteiger partial charge on any atom is -0.489 e. The minimum absolute atomic E-state index is 0.000164. The zero-order valence-corrected chi connectivity index (χ0v) is 22.7. The van der Waals surface area contributed by atoms with Crippen LogP contribution in [0, 0.1) is 0 Å². The topological polar surface area (TPSA) is 104 Å². The maximum atomic E-state index is 12.8. The highest BCUT2D eigenvalue weighted by molar-refractivity contribution is 7.89. The maximum Gasteiger partial charge on any atom is 0.238 e. The number of primary sulfonamides is 1. The number of aromatic nitrogens is 2. The lowest BCUT2D eigenvalue weighted by molar-refractivity contribution is 0.104. The molecule has 5 aromatic rings. The molecule has 0 amide bonds. The molecule has 0 atom stereocenters. The number of hydrogen-bond acceptors (Lipinski definition) is 5.